The summed E-state index contributed by atoms with van der Waals surface area (Å²) in [5.41, 5.74) is 1.98. The highest BCUT2D eigenvalue weighted by Gasteiger charge is 2.39. The van der Waals surface area contributed by atoms with E-state index in [4.69, 9.17) is 21.1 Å². The molecule has 2 heterocycles. The van der Waals surface area contributed by atoms with Crippen LogP contribution in [0.3, 0.4) is 0 Å². The Bertz CT molecular complexity index is 999. The Hall–Kier alpha value is -2.87. The summed E-state index contributed by atoms with van der Waals surface area (Å²) < 4.78 is 10.6. The summed E-state index contributed by atoms with van der Waals surface area (Å²) in [7, 11) is 1.59. The molecular formula is C24H26ClN3O4. The highest BCUT2D eigenvalue weighted by atomic mass is 35.5. The number of rotatable bonds is 8. The maximum Gasteiger partial charge on any atom is 0.278 e. The van der Waals surface area contributed by atoms with Gasteiger partial charge in [-0.3, -0.25) is 19.4 Å². The van der Waals surface area contributed by atoms with Crippen molar-refractivity contribution in [3.8, 4) is 5.75 Å². The molecule has 1 fully saturated rings. The molecule has 0 aliphatic carbocycles. The second-order valence-corrected chi connectivity index (χ2v) is 8.12. The largest absolute Gasteiger partial charge is 0.497 e. The first-order valence-electron chi connectivity index (χ1n) is 10.6. The molecule has 0 aromatic heterocycles. The number of nitrogens with one attached hydrogen (secondary N) is 1. The summed E-state index contributed by atoms with van der Waals surface area (Å²) in [5.74, 6) is 0.0917. The van der Waals surface area contributed by atoms with Gasteiger partial charge in [0.05, 0.1) is 25.9 Å². The van der Waals surface area contributed by atoms with Crippen LogP contribution in [0.2, 0.25) is 5.02 Å². The Morgan fingerprint density at radius 3 is 2.31 bits per heavy atom. The summed E-state index contributed by atoms with van der Waals surface area (Å²) in [4.78, 5) is 30.2. The van der Waals surface area contributed by atoms with Crippen LogP contribution in [-0.4, -0.2) is 68.1 Å². The minimum absolute atomic E-state index is 0.272. The number of nitrogens with zero attached hydrogens (tertiary/aromatic N) is 2. The van der Waals surface area contributed by atoms with Crippen molar-refractivity contribution in [3.05, 3.63) is 64.8 Å². The van der Waals surface area contributed by atoms with E-state index in [1.54, 1.807) is 43.5 Å². The molecule has 7 nitrogen and oxygen atoms in total. The van der Waals surface area contributed by atoms with Crippen LogP contribution in [0.25, 0.3) is 5.57 Å². The van der Waals surface area contributed by atoms with Gasteiger partial charge in [-0.2, -0.15) is 0 Å². The SMILES string of the molecule is COc1ccc(NC2=C(c3ccc(Cl)cc3)C(=O)N(CCCN3CCOCC3)C2=O)cc1. The lowest BCUT2D eigenvalue weighted by atomic mass is 10.0. The quantitative estimate of drug-likeness (QED) is 0.616. The van der Waals surface area contributed by atoms with E-state index < -0.39 is 0 Å². The molecule has 2 aromatic carbocycles. The number of halogens is 1. The zero-order chi connectivity index (χ0) is 22.5. The van der Waals surface area contributed by atoms with Crippen molar-refractivity contribution in [1.82, 2.24) is 9.80 Å². The van der Waals surface area contributed by atoms with E-state index >= 15 is 0 Å². The summed E-state index contributed by atoms with van der Waals surface area (Å²) >= 11 is 6.03. The molecule has 0 bridgehead atoms. The second kappa shape index (κ2) is 10.2. The number of morpholine rings is 1. The molecule has 32 heavy (non-hydrogen) atoms. The maximum atomic E-state index is 13.3. The van der Waals surface area contributed by atoms with Crippen LogP contribution in [0.5, 0.6) is 5.75 Å². The van der Waals surface area contributed by atoms with Crippen molar-refractivity contribution in [2.75, 3.05) is 51.8 Å². The fraction of sp³-hybridized carbons (Fsp3) is 0.333. The maximum absolute atomic E-state index is 13.3. The first kappa shape index (κ1) is 22.3. The summed E-state index contributed by atoms with van der Waals surface area (Å²) in [6, 6.07) is 14.2. The number of benzene rings is 2. The second-order valence-electron chi connectivity index (χ2n) is 7.68. The molecule has 2 amide bonds. The average molecular weight is 456 g/mol. The molecule has 0 atom stereocenters. The van der Waals surface area contributed by atoms with Crippen LogP contribution >= 0.6 is 11.6 Å². The molecule has 1 N–H and O–H groups in total. The number of anilines is 1. The minimum Gasteiger partial charge on any atom is -0.497 e. The van der Waals surface area contributed by atoms with Crippen molar-refractivity contribution < 1.29 is 19.1 Å². The van der Waals surface area contributed by atoms with Gasteiger partial charge in [-0.05, 0) is 48.4 Å². The molecule has 0 unspecified atom stereocenters. The van der Waals surface area contributed by atoms with Crippen LogP contribution < -0.4 is 10.1 Å². The van der Waals surface area contributed by atoms with Gasteiger partial charge in [0.15, 0.2) is 0 Å². The predicted molar refractivity (Wildman–Crippen MR) is 124 cm³/mol. The highest BCUT2D eigenvalue weighted by Crippen LogP contribution is 2.31. The van der Waals surface area contributed by atoms with E-state index in [-0.39, 0.29) is 17.5 Å². The number of carbonyl (C=O) groups excluding carboxylic acids is 2. The van der Waals surface area contributed by atoms with E-state index in [1.807, 2.05) is 12.1 Å². The number of hydrogen-bond acceptors (Lipinski definition) is 6. The molecule has 168 valence electrons. The van der Waals surface area contributed by atoms with Crippen LogP contribution in [0.15, 0.2) is 54.2 Å². The molecule has 4 rings (SSSR count). The van der Waals surface area contributed by atoms with Crippen LogP contribution in [0, 0.1) is 0 Å². The predicted octanol–water partition coefficient (Wildman–Crippen LogP) is 3.26. The number of hydrogen-bond donors (Lipinski definition) is 1. The van der Waals surface area contributed by atoms with E-state index in [9.17, 15) is 9.59 Å². The first-order chi connectivity index (χ1) is 15.6. The van der Waals surface area contributed by atoms with Crippen LogP contribution in [0.1, 0.15) is 12.0 Å². The molecule has 1 saturated heterocycles. The van der Waals surface area contributed by atoms with Crippen LogP contribution in [0.4, 0.5) is 5.69 Å². The topological polar surface area (TPSA) is 71.1 Å². The van der Waals surface area contributed by atoms with Gasteiger partial charge in [0.25, 0.3) is 11.8 Å². The van der Waals surface area contributed by atoms with Crippen molar-refractivity contribution in [2.24, 2.45) is 0 Å². The lowest BCUT2D eigenvalue weighted by Gasteiger charge is -2.27. The molecular weight excluding hydrogens is 430 g/mol. The number of amides is 2. The van der Waals surface area contributed by atoms with Gasteiger partial charge in [-0.1, -0.05) is 23.7 Å². The Morgan fingerprint density at radius 1 is 0.969 bits per heavy atom. The summed E-state index contributed by atoms with van der Waals surface area (Å²) in [5, 5.41) is 3.73. The smallest absolute Gasteiger partial charge is 0.278 e. The van der Waals surface area contributed by atoms with Crippen molar-refractivity contribution >= 4 is 34.7 Å². The third-order valence-electron chi connectivity index (χ3n) is 5.62. The average Bonchev–Trinajstić information content (AvgIpc) is 3.05. The van der Waals surface area contributed by atoms with Crippen molar-refractivity contribution in [2.45, 2.75) is 6.42 Å². The zero-order valence-electron chi connectivity index (χ0n) is 18.0. The van der Waals surface area contributed by atoms with Gasteiger partial charge < -0.3 is 14.8 Å². The van der Waals surface area contributed by atoms with Gasteiger partial charge in [-0.15, -0.1) is 0 Å². The number of ether oxygens (including phenoxy) is 2. The zero-order valence-corrected chi connectivity index (χ0v) is 18.7. The molecule has 0 radical (unpaired) electrons. The Morgan fingerprint density at radius 2 is 1.66 bits per heavy atom. The Kier molecular flexibility index (Phi) is 7.09. The summed E-state index contributed by atoms with van der Waals surface area (Å²) in [6.45, 7) is 4.37. The van der Waals surface area contributed by atoms with Gasteiger partial charge in [0, 0.05) is 36.9 Å². The Labute approximate surface area is 192 Å². The molecule has 8 heteroatoms. The monoisotopic (exact) mass is 455 g/mol. The van der Waals surface area contributed by atoms with E-state index in [1.165, 1.54) is 4.90 Å². The number of imide groups is 1. The van der Waals surface area contributed by atoms with Crippen LogP contribution in [-0.2, 0) is 14.3 Å². The van der Waals surface area contributed by atoms with E-state index in [0.29, 0.717) is 40.6 Å². The molecule has 0 saturated carbocycles. The first-order valence-corrected chi connectivity index (χ1v) is 11.0. The lowest BCUT2D eigenvalue weighted by Crippen LogP contribution is -2.39. The lowest BCUT2D eigenvalue weighted by molar-refractivity contribution is -0.136. The third kappa shape index (κ3) is 4.96. The molecule has 2 aromatic rings. The van der Waals surface area contributed by atoms with Gasteiger partial charge in [0.1, 0.15) is 11.4 Å². The highest BCUT2D eigenvalue weighted by molar-refractivity contribution is 6.36. The van der Waals surface area contributed by atoms with E-state index in [2.05, 4.69) is 10.2 Å². The fourth-order valence-electron chi connectivity index (χ4n) is 3.88. The Balaban J connectivity index is 1.55. The van der Waals surface area contributed by atoms with Crippen molar-refractivity contribution in [3.63, 3.8) is 0 Å². The van der Waals surface area contributed by atoms with Gasteiger partial charge in [0.2, 0.25) is 0 Å². The van der Waals surface area contributed by atoms with Gasteiger partial charge in [-0.25, -0.2) is 0 Å². The minimum atomic E-state index is -0.322. The molecule has 2 aliphatic rings. The third-order valence-corrected chi connectivity index (χ3v) is 5.87. The molecule has 2 aliphatic heterocycles. The normalized spacial score (nSPS) is 17.2. The van der Waals surface area contributed by atoms with E-state index in [0.717, 1.165) is 32.8 Å². The standard InChI is InChI=1S/C24H26ClN3O4/c1-31-20-9-7-19(8-10-20)26-22-21(17-3-5-18(25)6-4-17)23(29)28(24(22)30)12-2-11-27-13-15-32-16-14-27/h3-10,26H,2,11-16H2,1H3. The number of carbonyl (C=O) groups is 2. The number of methoxy groups -OCH3 is 1. The summed E-state index contributed by atoms with van der Waals surface area (Å²) in [6.07, 6.45) is 0.710. The molecule has 0 spiro atoms. The fourth-order valence-corrected chi connectivity index (χ4v) is 4.00. The van der Waals surface area contributed by atoms with Crippen molar-refractivity contribution in [1.29, 1.82) is 0 Å². The van der Waals surface area contributed by atoms with Gasteiger partial charge >= 0.3 is 0 Å².